The highest BCUT2D eigenvalue weighted by atomic mass is 15.3. The van der Waals surface area contributed by atoms with E-state index in [9.17, 15) is 0 Å². The Morgan fingerprint density at radius 1 is 1.21 bits per heavy atom. The second-order valence-corrected chi connectivity index (χ2v) is 6.09. The van der Waals surface area contributed by atoms with Crippen LogP contribution in [0.3, 0.4) is 0 Å². The fourth-order valence-corrected chi connectivity index (χ4v) is 2.91. The van der Waals surface area contributed by atoms with Crippen LogP contribution in [0.15, 0.2) is 18.5 Å². The zero-order valence-corrected chi connectivity index (χ0v) is 11.6. The summed E-state index contributed by atoms with van der Waals surface area (Å²) in [5.74, 6) is 1.59. The third-order valence-electron chi connectivity index (χ3n) is 4.28. The lowest BCUT2D eigenvalue weighted by Crippen LogP contribution is -2.55. The fourth-order valence-electron chi connectivity index (χ4n) is 2.91. The van der Waals surface area contributed by atoms with Gasteiger partial charge in [0.2, 0.25) is 5.95 Å². The maximum Gasteiger partial charge on any atom is 0.225 e. The molecule has 2 aliphatic rings. The van der Waals surface area contributed by atoms with Gasteiger partial charge >= 0.3 is 0 Å². The Labute approximate surface area is 114 Å². The Balaban J connectivity index is 1.52. The van der Waals surface area contributed by atoms with Gasteiger partial charge in [-0.15, -0.1) is 0 Å². The Morgan fingerprint density at radius 2 is 1.84 bits per heavy atom. The van der Waals surface area contributed by atoms with Gasteiger partial charge in [-0.1, -0.05) is 0 Å². The van der Waals surface area contributed by atoms with Crippen LogP contribution >= 0.6 is 0 Å². The number of anilines is 1. The molecule has 104 valence electrons. The van der Waals surface area contributed by atoms with Gasteiger partial charge < -0.3 is 10.6 Å². The minimum atomic E-state index is -0.00851. The molecule has 2 heterocycles. The summed E-state index contributed by atoms with van der Waals surface area (Å²) >= 11 is 0. The fraction of sp³-hybridized carbons (Fsp3) is 0.714. The van der Waals surface area contributed by atoms with Gasteiger partial charge in [-0.05, 0) is 31.7 Å². The van der Waals surface area contributed by atoms with Crippen LogP contribution in [-0.2, 0) is 0 Å². The minimum Gasteiger partial charge on any atom is -0.338 e. The van der Waals surface area contributed by atoms with Crippen molar-refractivity contribution in [2.24, 2.45) is 11.7 Å². The van der Waals surface area contributed by atoms with Crippen LogP contribution in [0, 0.1) is 5.92 Å². The first kappa shape index (κ1) is 12.8. The van der Waals surface area contributed by atoms with Gasteiger partial charge in [0.1, 0.15) is 0 Å². The first-order valence-electron chi connectivity index (χ1n) is 7.18. The zero-order valence-electron chi connectivity index (χ0n) is 11.6. The monoisotopic (exact) mass is 261 g/mol. The molecule has 0 aromatic carbocycles. The molecule has 1 aromatic heterocycles. The zero-order chi connectivity index (χ0) is 13.3. The van der Waals surface area contributed by atoms with E-state index in [-0.39, 0.29) is 5.54 Å². The van der Waals surface area contributed by atoms with Crippen LogP contribution < -0.4 is 10.6 Å². The normalized spacial score (nSPS) is 24.2. The summed E-state index contributed by atoms with van der Waals surface area (Å²) in [5, 5.41) is 0. The Morgan fingerprint density at radius 3 is 2.42 bits per heavy atom. The Kier molecular flexibility index (Phi) is 3.41. The van der Waals surface area contributed by atoms with Gasteiger partial charge in [-0.3, -0.25) is 4.90 Å². The maximum atomic E-state index is 6.42. The minimum absolute atomic E-state index is 0.00851. The van der Waals surface area contributed by atoms with Crippen molar-refractivity contribution in [1.82, 2.24) is 14.9 Å². The predicted octanol–water partition coefficient (Wildman–Crippen LogP) is 0.726. The molecule has 19 heavy (non-hydrogen) atoms. The van der Waals surface area contributed by atoms with Crippen molar-refractivity contribution in [2.45, 2.75) is 25.3 Å². The Bertz CT molecular complexity index is 407. The molecule has 1 atom stereocenters. The molecule has 1 saturated carbocycles. The number of hydrogen-bond donors (Lipinski definition) is 1. The smallest absolute Gasteiger partial charge is 0.225 e. The van der Waals surface area contributed by atoms with Gasteiger partial charge in [0.25, 0.3) is 0 Å². The quantitative estimate of drug-likeness (QED) is 0.865. The van der Waals surface area contributed by atoms with Crippen LogP contribution in [0.2, 0.25) is 0 Å². The molecule has 5 heteroatoms. The van der Waals surface area contributed by atoms with E-state index < -0.39 is 0 Å². The number of rotatable bonds is 4. The third-order valence-corrected chi connectivity index (χ3v) is 4.28. The molecule has 5 nitrogen and oxygen atoms in total. The standard InChI is InChI=1S/C14H23N5/c1-14(15,12-3-4-12)11-18-7-9-19(10-8-18)13-16-5-2-6-17-13/h2,5-6,12H,3-4,7-11,15H2,1H3. The molecule has 1 unspecified atom stereocenters. The number of aromatic nitrogens is 2. The highest BCUT2D eigenvalue weighted by Gasteiger charge is 2.39. The number of hydrogen-bond acceptors (Lipinski definition) is 5. The first-order chi connectivity index (χ1) is 9.15. The lowest BCUT2D eigenvalue weighted by atomic mass is 9.96. The van der Waals surface area contributed by atoms with E-state index in [1.807, 2.05) is 6.07 Å². The second kappa shape index (κ2) is 5.06. The summed E-state index contributed by atoms with van der Waals surface area (Å²) in [6.07, 6.45) is 6.23. The van der Waals surface area contributed by atoms with Crippen molar-refractivity contribution >= 4 is 5.95 Å². The SMILES string of the molecule is CC(N)(CN1CCN(c2ncccn2)CC1)C1CC1. The molecule has 2 fully saturated rings. The van der Waals surface area contributed by atoms with E-state index in [4.69, 9.17) is 5.73 Å². The van der Waals surface area contributed by atoms with E-state index in [1.54, 1.807) is 12.4 Å². The lowest BCUT2D eigenvalue weighted by Gasteiger charge is -2.39. The lowest BCUT2D eigenvalue weighted by molar-refractivity contribution is 0.192. The molecule has 1 aliphatic carbocycles. The van der Waals surface area contributed by atoms with Crippen molar-refractivity contribution < 1.29 is 0 Å². The largest absolute Gasteiger partial charge is 0.338 e. The van der Waals surface area contributed by atoms with E-state index in [0.29, 0.717) is 0 Å². The van der Waals surface area contributed by atoms with Crippen molar-refractivity contribution in [3.05, 3.63) is 18.5 Å². The van der Waals surface area contributed by atoms with E-state index in [2.05, 4.69) is 26.7 Å². The number of piperazine rings is 1. The molecule has 1 aliphatic heterocycles. The number of nitrogens with zero attached hydrogens (tertiary/aromatic N) is 4. The van der Waals surface area contributed by atoms with Crippen LogP contribution in [0.4, 0.5) is 5.95 Å². The van der Waals surface area contributed by atoms with Crippen LogP contribution in [0.1, 0.15) is 19.8 Å². The molecule has 0 spiro atoms. The molecule has 0 radical (unpaired) electrons. The second-order valence-electron chi connectivity index (χ2n) is 6.09. The highest BCUT2D eigenvalue weighted by Crippen LogP contribution is 2.38. The summed E-state index contributed by atoms with van der Waals surface area (Å²) < 4.78 is 0. The molecule has 1 aromatic rings. The van der Waals surface area contributed by atoms with Crippen molar-refractivity contribution in [1.29, 1.82) is 0 Å². The maximum absolute atomic E-state index is 6.42. The van der Waals surface area contributed by atoms with Crippen LogP contribution in [0.25, 0.3) is 0 Å². The molecule has 3 rings (SSSR count). The third kappa shape index (κ3) is 3.04. The molecule has 0 bridgehead atoms. The first-order valence-corrected chi connectivity index (χ1v) is 7.18. The van der Waals surface area contributed by atoms with Gasteiger partial charge in [-0.25, -0.2) is 9.97 Å². The molecule has 1 saturated heterocycles. The van der Waals surface area contributed by atoms with Crippen molar-refractivity contribution in [2.75, 3.05) is 37.6 Å². The molecular weight excluding hydrogens is 238 g/mol. The molecule has 2 N–H and O–H groups in total. The van der Waals surface area contributed by atoms with Gasteiger partial charge in [-0.2, -0.15) is 0 Å². The average Bonchev–Trinajstić information content (AvgIpc) is 3.25. The van der Waals surface area contributed by atoms with Crippen molar-refractivity contribution in [3.63, 3.8) is 0 Å². The summed E-state index contributed by atoms with van der Waals surface area (Å²) in [5.41, 5.74) is 6.41. The topological polar surface area (TPSA) is 58.3 Å². The summed E-state index contributed by atoms with van der Waals surface area (Å²) in [4.78, 5) is 13.4. The van der Waals surface area contributed by atoms with Gasteiger partial charge in [0, 0.05) is 50.7 Å². The van der Waals surface area contributed by atoms with E-state index in [0.717, 1.165) is 44.6 Å². The summed E-state index contributed by atoms with van der Waals surface area (Å²) in [6.45, 7) is 7.31. The Hall–Kier alpha value is -1.20. The van der Waals surface area contributed by atoms with Gasteiger partial charge in [0.05, 0.1) is 0 Å². The van der Waals surface area contributed by atoms with E-state index in [1.165, 1.54) is 12.8 Å². The summed E-state index contributed by atoms with van der Waals surface area (Å²) in [6, 6.07) is 1.86. The van der Waals surface area contributed by atoms with Crippen LogP contribution in [-0.4, -0.2) is 53.1 Å². The molecule has 0 amide bonds. The summed E-state index contributed by atoms with van der Waals surface area (Å²) in [7, 11) is 0. The predicted molar refractivity (Wildman–Crippen MR) is 76.0 cm³/mol. The van der Waals surface area contributed by atoms with Gasteiger partial charge in [0.15, 0.2) is 0 Å². The van der Waals surface area contributed by atoms with E-state index >= 15 is 0 Å². The number of nitrogens with two attached hydrogens (primary N) is 1. The molecular formula is C14H23N5. The van der Waals surface area contributed by atoms with Crippen molar-refractivity contribution in [3.8, 4) is 0 Å². The van der Waals surface area contributed by atoms with Crippen LogP contribution in [0.5, 0.6) is 0 Å². The highest BCUT2D eigenvalue weighted by molar-refractivity contribution is 5.29. The average molecular weight is 261 g/mol.